The number of aryl methyl sites for hydroxylation is 1. The maximum absolute atomic E-state index is 11.6. The predicted octanol–water partition coefficient (Wildman–Crippen LogP) is 1.07. The van der Waals surface area contributed by atoms with E-state index in [0.717, 1.165) is 25.1 Å². The van der Waals surface area contributed by atoms with Gasteiger partial charge in [0.15, 0.2) is 9.84 Å². The van der Waals surface area contributed by atoms with Crippen LogP contribution in [-0.4, -0.2) is 37.9 Å². The molecule has 2 N–H and O–H groups in total. The molecular formula is C14H22N2O2S. The summed E-state index contributed by atoms with van der Waals surface area (Å²) in [7, 11) is -2.82. The summed E-state index contributed by atoms with van der Waals surface area (Å²) in [6, 6.07) is 6.28. The fourth-order valence-corrected chi connectivity index (χ4v) is 3.76. The van der Waals surface area contributed by atoms with Crippen LogP contribution >= 0.6 is 0 Å². The van der Waals surface area contributed by atoms with Crippen molar-refractivity contribution in [2.24, 2.45) is 5.73 Å². The Labute approximate surface area is 115 Å². The Morgan fingerprint density at radius 2 is 2.05 bits per heavy atom. The SMILES string of the molecule is Cc1cc(CN)ccc1CN1CCCS(=O)(=O)CC1. The largest absolute Gasteiger partial charge is 0.326 e. The molecule has 0 amide bonds. The van der Waals surface area contributed by atoms with Gasteiger partial charge in [-0.3, -0.25) is 4.90 Å². The first-order chi connectivity index (χ1) is 9.00. The first-order valence-corrected chi connectivity index (χ1v) is 8.53. The number of hydrogen-bond donors (Lipinski definition) is 1. The molecule has 0 unspecified atom stereocenters. The molecule has 0 radical (unpaired) electrons. The predicted molar refractivity (Wildman–Crippen MR) is 77.6 cm³/mol. The van der Waals surface area contributed by atoms with Gasteiger partial charge in [-0.2, -0.15) is 0 Å². The third kappa shape index (κ3) is 4.03. The van der Waals surface area contributed by atoms with Gasteiger partial charge in [-0.25, -0.2) is 8.42 Å². The number of nitrogens with zero attached hydrogens (tertiary/aromatic N) is 1. The van der Waals surface area contributed by atoms with E-state index < -0.39 is 9.84 Å². The van der Waals surface area contributed by atoms with Crippen molar-refractivity contribution in [3.8, 4) is 0 Å². The molecule has 0 saturated carbocycles. The van der Waals surface area contributed by atoms with Gasteiger partial charge in [0.1, 0.15) is 0 Å². The quantitative estimate of drug-likeness (QED) is 0.901. The van der Waals surface area contributed by atoms with Crippen LogP contribution in [0.4, 0.5) is 0 Å². The summed E-state index contributed by atoms with van der Waals surface area (Å²) >= 11 is 0. The fourth-order valence-electron chi connectivity index (χ4n) is 2.45. The second-order valence-electron chi connectivity index (χ2n) is 5.25. The molecule has 106 valence electrons. The van der Waals surface area contributed by atoms with Crippen LogP contribution in [0.2, 0.25) is 0 Å². The van der Waals surface area contributed by atoms with Crippen LogP contribution in [0.5, 0.6) is 0 Å². The lowest BCUT2D eigenvalue weighted by molar-refractivity contribution is 0.286. The fraction of sp³-hybridized carbons (Fsp3) is 0.571. The van der Waals surface area contributed by atoms with Crippen molar-refractivity contribution < 1.29 is 8.42 Å². The highest BCUT2D eigenvalue weighted by atomic mass is 32.2. The van der Waals surface area contributed by atoms with Crippen LogP contribution in [0, 0.1) is 6.92 Å². The molecule has 0 aliphatic carbocycles. The Morgan fingerprint density at radius 3 is 2.74 bits per heavy atom. The van der Waals surface area contributed by atoms with Crippen molar-refractivity contribution in [3.05, 3.63) is 34.9 Å². The van der Waals surface area contributed by atoms with Crippen molar-refractivity contribution in [2.45, 2.75) is 26.4 Å². The molecule has 0 aromatic heterocycles. The second-order valence-corrected chi connectivity index (χ2v) is 7.55. The highest BCUT2D eigenvalue weighted by Crippen LogP contribution is 2.15. The second kappa shape index (κ2) is 6.03. The standard InChI is InChI=1S/C14H22N2O2S/c1-12-9-13(10-15)3-4-14(12)11-16-5-2-7-19(17,18)8-6-16/h3-4,9H,2,5-8,10-11,15H2,1H3. The molecule has 1 fully saturated rings. The monoisotopic (exact) mass is 282 g/mol. The van der Waals surface area contributed by atoms with E-state index in [1.807, 2.05) is 0 Å². The van der Waals surface area contributed by atoms with Gasteiger partial charge in [0.2, 0.25) is 0 Å². The van der Waals surface area contributed by atoms with Gasteiger partial charge in [0, 0.05) is 19.6 Å². The molecule has 5 heteroatoms. The van der Waals surface area contributed by atoms with Crippen LogP contribution in [0.1, 0.15) is 23.1 Å². The lowest BCUT2D eigenvalue weighted by Crippen LogP contribution is -2.27. The van der Waals surface area contributed by atoms with Crippen molar-refractivity contribution in [2.75, 3.05) is 24.6 Å². The Kier molecular flexibility index (Phi) is 4.60. The van der Waals surface area contributed by atoms with E-state index in [0.29, 0.717) is 18.8 Å². The number of sulfone groups is 1. The van der Waals surface area contributed by atoms with Gasteiger partial charge >= 0.3 is 0 Å². The zero-order chi connectivity index (χ0) is 13.9. The van der Waals surface area contributed by atoms with Gasteiger partial charge in [-0.05, 0) is 36.6 Å². The molecule has 0 bridgehead atoms. The molecule has 1 aliphatic heterocycles. The van der Waals surface area contributed by atoms with E-state index in [4.69, 9.17) is 5.73 Å². The number of hydrogen-bond acceptors (Lipinski definition) is 4. The summed E-state index contributed by atoms with van der Waals surface area (Å²) in [6.45, 7) is 4.97. The Hall–Kier alpha value is -0.910. The molecule has 0 spiro atoms. The third-order valence-electron chi connectivity index (χ3n) is 3.68. The van der Waals surface area contributed by atoms with Gasteiger partial charge in [-0.1, -0.05) is 18.2 Å². The molecule has 1 aromatic carbocycles. The lowest BCUT2D eigenvalue weighted by Gasteiger charge is -2.20. The Bertz CT molecular complexity index is 540. The van der Waals surface area contributed by atoms with E-state index >= 15 is 0 Å². The van der Waals surface area contributed by atoms with E-state index in [-0.39, 0.29) is 5.75 Å². The van der Waals surface area contributed by atoms with Crippen LogP contribution in [0.15, 0.2) is 18.2 Å². The van der Waals surface area contributed by atoms with E-state index in [9.17, 15) is 8.42 Å². The summed E-state index contributed by atoms with van der Waals surface area (Å²) in [5.41, 5.74) is 9.26. The molecule has 0 atom stereocenters. The topological polar surface area (TPSA) is 63.4 Å². The third-order valence-corrected chi connectivity index (χ3v) is 5.40. The molecule has 1 aliphatic rings. The minimum Gasteiger partial charge on any atom is -0.326 e. The van der Waals surface area contributed by atoms with Crippen molar-refractivity contribution in [1.29, 1.82) is 0 Å². The molecule has 1 aromatic rings. The molecule has 4 nitrogen and oxygen atoms in total. The van der Waals surface area contributed by atoms with Crippen molar-refractivity contribution >= 4 is 9.84 Å². The van der Waals surface area contributed by atoms with Gasteiger partial charge < -0.3 is 5.73 Å². The minimum atomic E-state index is -2.82. The van der Waals surface area contributed by atoms with Crippen LogP contribution in [-0.2, 0) is 22.9 Å². The molecule has 1 saturated heterocycles. The zero-order valence-electron chi connectivity index (χ0n) is 11.4. The molecule has 19 heavy (non-hydrogen) atoms. The van der Waals surface area contributed by atoms with E-state index in [2.05, 4.69) is 30.0 Å². The van der Waals surface area contributed by atoms with Crippen LogP contribution in [0.3, 0.4) is 0 Å². The molecule has 1 heterocycles. The van der Waals surface area contributed by atoms with Gasteiger partial charge in [0.05, 0.1) is 11.5 Å². The minimum absolute atomic E-state index is 0.285. The molecular weight excluding hydrogens is 260 g/mol. The number of rotatable bonds is 3. The van der Waals surface area contributed by atoms with E-state index in [1.54, 1.807) is 0 Å². The lowest BCUT2D eigenvalue weighted by atomic mass is 10.0. The van der Waals surface area contributed by atoms with Crippen LogP contribution < -0.4 is 5.73 Å². The Balaban J connectivity index is 2.05. The maximum atomic E-state index is 11.6. The Morgan fingerprint density at radius 1 is 1.26 bits per heavy atom. The maximum Gasteiger partial charge on any atom is 0.151 e. The number of benzene rings is 1. The first-order valence-electron chi connectivity index (χ1n) is 6.71. The zero-order valence-corrected chi connectivity index (χ0v) is 12.2. The molecule has 2 rings (SSSR count). The summed E-state index contributed by atoms with van der Waals surface area (Å²) in [5, 5.41) is 0. The summed E-state index contributed by atoms with van der Waals surface area (Å²) in [4.78, 5) is 2.23. The smallest absolute Gasteiger partial charge is 0.151 e. The highest BCUT2D eigenvalue weighted by molar-refractivity contribution is 7.91. The van der Waals surface area contributed by atoms with Gasteiger partial charge in [0.25, 0.3) is 0 Å². The summed E-state index contributed by atoms with van der Waals surface area (Å²) in [6.07, 6.45) is 0.738. The highest BCUT2D eigenvalue weighted by Gasteiger charge is 2.19. The normalized spacial score (nSPS) is 20.1. The summed E-state index contributed by atoms with van der Waals surface area (Å²) < 4.78 is 23.2. The van der Waals surface area contributed by atoms with E-state index in [1.165, 1.54) is 11.1 Å². The average Bonchev–Trinajstić information content (AvgIpc) is 2.53. The summed E-state index contributed by atoms with van der Waals surface area (Å²) in [5.74, 6) is 0.613. The van der Waals surface area contributed by atoms with Gasteiger partial charge in [-0.15, -0.1) is 0 Å². The number of nitrogens with two attached hydrogens (primary N) is 1. The van der Waals surface area contributed by atoms with Crippen molar-refractivity contribution in [1.82, 2.24) is 4.90 Å². The van der Waals surface area contributed by atoms with Crippen molar-refractivity contribution in [3.63, 3.8) is 0 Å². The first kappa shape index (κ1) is 14.5. The average molecular weight is 282 g/mol. The van der Waals surface area contributed by atoms with Crippen LogP contribution in [0.25, 0.3) is 0 Å².